The Morgan fingerprint density at radius 2 is 1.59 bits per heavy atom. The van der Waals surface area contributed by atoms with Crippen molar-refractivity contribution in [2.75, 3.05) is 13.6 Å². The Balaban J connectivity index is 1.79. The average molecular weight is 426 g/mol. The van der Waals surface area contributed by atoms with Gasteiger partial charge in [-0.15, -0.1) is 11.3 Å². The molecule has 0 saturated carbocycles. The Labute approximate surface area is 174 Å². The van der Waals surface area contributed by atoms with E-state index in [0.717, 1.165) is 15.8 Å². The minimum atomic E-state index is -3.63. The Hall–Kier alpha value is -2.54. The zero-order valence-electron chi connectivity index (χ0n) is 15.8. The van der Waals surface area contributed by atoms with E-state index in [1.807, 2.05) is 29.6 Å². The third kappa shape index (κ3) is 3.83. The average Bonchev–Trinajstić information content (AvgIpc) is 3.28. The van der Waals surface area contributed by atoms with E-state index in [0.29, 0.717) is 5.39 Å². The molecule has 0 saturated heterocycles. The van der Waals surface area contributed by atoms with Crippen molar-refractivity contribution < 1.29 is 12.8 Å². The summed E-state index contributed by atoms with van der Waals surface area (Å²) in [5.41, 5.74) is 0.916. The van der Waals surface area contributed by atoms with Crippen LogP contribution in [0.4, 0.5) is 4.39 Å². The molecule has 6 heteroatoms. The van der Waals surface area contributed by atoms with E-state index in [9.17, 15) is 12.8 Å². The van der Waals surface area contributed by atoms with Crippen LogP contribution in [0.2, 0.25) is 0 Å². The molecule has 148 valence electrons. The lowest BCUT2D eigenvalue weighted by atomic mass is 9.92. The third-order valence-corrected chi connectivity index (χ3v) is 7.88. The van der Waals surface area contributed by atoms with Gasteiger partial charge in [-0.25, -0.2) is 12.8 Å². The quantitative estimate of drug-likeness (QED) is 0.409. The van der Waals surface area contributed by atoms with Crippen LogP contribution in [0.15, 0.2) is 89.1 Å². The van der Waals surface area contributed by atoms with Gasteiger partial charge in [-0.2, -0.15) is 4.31 Å². The van der Waals surface area contributed by atoms with E-state index in [-0.39, 0.29) is 23.2 Å². The van der Waals surface area contributed by atoms with Crippen LogP contribution in [-0.4, -0.2) is 26.3 Å². The number of fused-ring (bicyclic) bond motifs is 1. The molecule has 0 spiro atoms. The molecule has 1 heterocycles. The molecule has 0 aliphatic heterocycles. The maximum absolute atomic E-state index is 14.3. The Kier molecular flexibility index (Phi) is 5.50. The number of nitrogens with zero attached hydrogens (tertiary/aromatic N) is 1. The molecular formula is C23H20FNO2S2. The second kappa shape index (κ2) is 8.06. The smallest absolute Gasteiger partial charge is 0.207 e. The van der Waals surface area contributed by atoms with E-state index in [2.05, 4.69) is 0 Å². The number of thiophene rings is 1. The van der Waals surface area contributed by atoms with E-state index >= 15 is 0 Å². The van der Waals surface area contributed by atoms with Crippen molar-refractivity contribution in [2.24, 2.45) is 0 Å². The zero-order valence-corrected chi connectivity index (χ0v) is 17.5. The van der Waals surface area contributed by atoms with E-state index in [1.54, 1.807) is 66.9 Å². The lowest BCUT2D eigenvalue weighted by Crippen LogP contribution is -2.31. The van der Waals surface area contributed by atoms with Crippen molar-refractivity contribution in [3.05, 3.63) is 101 Å². The Morgan fingerprint density at radius 1 is 0.897 bits per heavy atom. The zero-order chi connectivity index (χ0) is 20.4. The van der Waals surface area contributed by atoms with Crippen molar-refractivity contribution >= 4 is 32.1 Å². The van der Waals surface area contributed by atoms with Crippen LogP contribution < -0.4 is 0 Å². The molecule has 0 aliphatic carbocycles. The summed E-state index contributed by atoms with van der Waals surface area (Å²) in [6.45, 7) is 0.257. The van der Waals surface area contributed by atoms with E-state index in [4.69, 9.17) is 0 Å². The topological polar surface area (TPSA) is 37.4 Å². The van der Waals surface area contributed by atoms with Gasteiger partial charge >= 0.3 is 0 Å². The largest absolute Gasteiger partial charge is 0.242 e. The van der Waals surface area contributed by atoms with Crippen LogP contribution in [0.5, 0.6) is 0 Å². The van der Waals surface area contributed by atoms with Crippen LogP contribution in [0, 0.1) is 5.82 Å². The van der Waals surface area contributed by atoms with Gasteiger partial charge in [0.25, 0.3) is 0 Å². The van der Waals surface area contributed by atoms with E-state index in [1.165, 1.54) is 10.4 Å². The summed E-state index contributed by atoms with van der Waals surface area (Å²) >= 11 is 1.57. The standard InChI is InChI=1S/C23H20FNO2S2/c1-25(29(26,27)17-8-3-2-4-9-17)16-21(23-12-7-15-28-23)19-13-14-22(24)20-11-6-5-10-18(19)20/h2-15,21H,16H2,1H3/t21-/m1/s1. The molecule has 0 unspecified atom stereocenters. The molecule has 0 radical (unpaired) electrons. The highest BCUT2D eigenvalue weighted by molar-refractivity contribution is 7.89. The second-order valence-corrected chi connectivity index (χ2v) is 9.87. The molecule has 0 aliphatic rings. The summed E-state index contributed by atoms with van der Waals surface area (Å²) in [6.07, 6.45) is 0. The fraction of sp³-hybridized carbons (Fsp3) is 0.130. The monoisotopic (exact) mass is 425 g/mol. The number of hydrogen-bond acceptors (Lipinski definition) is 3. The summed E-state index contributed by atoms with van der Waals surface area (Å²) in [4.78, 5) is 1.30. The molecule has 0 N–H and O–H groups in total. The molecule has 29 heavy (non-hydrogen) atoms. The highest BCUT2D eigenvalue weighted by Crippen LogP contribution is 2.35. The number of likely N-dealkylation sites (N-methyl/N-ethyl adjacent to an activating group) is 1. The van der Waals surface area contributed by atoms with Gasteiger partial charge in [-0.1, -0.05) is 54.6 Å². The molecular weight excluding hydrogens is 405 g/mol. The van der Waals surface area contributed by atoms with E-state index < -0.39 is 10.0 Å². The number of halogens is 1. The molecule has 1 aromatic heterocycles. The molecule has 3 aromatic carbocycles. The van der Waals surface area contributed by atoms with Gasteiger partial charge in [-0.3, -0.25) is 0 Å². The van der Waals surface area contributed by atoms with Crippen LogP contribution in [-0.2, 0) is 10.0 Å². The van der Waals surface area contributed by atoms with Gasteiger partial charge in [0.15, 0.2) is 0 Å². The molecule has 0 bridgehead atoms. The predicted octanol–water partition coefficient (Wildman–Crippen LogP) is 5.49. The van der Waals surface area contributed by atoms with Crippen molar-refractivity contribution in [3.63, 3.8) is 0 Å². The number of sulfonamides is 1. The van der Waals surface area contributed by atoms with Crippen molar-refractivity contribution in [2.45, 2.75) is 10.8 Å². The van der Waals surface area contributed by atoms with Crippen molar-refractivity contribution in [3.8, 4) is 0 Å². The van der Waals surface area contributed by atoms with Crippen LogP contribution in [0.25, 0.3) is 10.8 Å². The fourth-order valence-electron chi connectivity index (χ4n) is 3.55. The summed E-state index contributed by atoms with van der Waals surface area (Å²) in [7, 11) is -2.04. The van der Waals surface area contributed by atoms with Crippen LogP contribution in [0.3, 0.4) is 0 Å². The van der Waals surface area contributed by atoms with Gasteiger partial charge in [0.1, 0.15) is 5.82 Å². The first-order valence-electron chi connectivity index (χ1n) is 9.20. The molecule has 3 nitrogen and oxygen atoms in total. The minimum absolute atomic E-state index is 0.205. The first kappa shape index (κ1) is 19.8. The van der Waals surface area contributed by atoms with Gasteiger partial charge in [0.05, 0.1) is 4.90 Å². The maximum Gasteiger partial charge on any atom is 0.242 e. The van der Waals surface area contributed by atoms with Crippen LogP contribution >= 0.6 is 11.3 Å². The SMILES string of the molecule is CN(C[C@@H](c1cccs1)c1ccc(F)c2ccccc12)S(=O)(=O)c1ccccc1. The normalized spacial score (nSPS) is 13.1. The van der Waals surface area contributed by atoms with Gasteiger partial charge in [0.2, 0.25) is 10.0 Å². The predicted molar refractivity (Wildman–Crippen MR) is 116 cm³/mol. The third-order valence-electron chi connectivity index (χ3n) is 5.06. The van der Waals surface area contributed by atoms with Gasteiger partial charge in [-0.05, 0) is 40.6 Å². The summed E-state index contributed by atoms with van der Waals surface area (Å²) in [5, 5.41) is 3.32. The number of hydrogen-bond donors (Lipinski definition) is 0. The molecule has 1 atom stereocenters. The maximum atomic E-state index is 14.3. The Morgan fingerprint density at radius 3 is 2.28 bits per heavy atom. The summed E-state index contributed by atoms with van der Waals surface area (Å²) in [6, 6.07) is 22.9. The molecule has 0 amide bonds. The number of benzene rings is 3. The first-order chi connectivity index (χ1) is 14.0. The minimum Gasteiger partial charge on any atom is -0.207 e. The van der Waals surface area contributed by atoms with Gasteiger partial charge < -0.3 is 0 Å². The first-order valence-corrected chi connectivity index (χ1v) is 11.5. The molecule has 4 aromatic rings. The summed E-state index contributed by atoms with van der Waals surface area (Å²) < 4.78 is 41.8. The lowest BCUT2D eigenvalue weighted by Gasteiger charge is -2.25. The second-order valence-electron chi connectivity index (χ2n) is 6.85. The Bertz CT molecular complexity index is 1220. The van der Waals surface area contributed by atoms with Crippen molar-refractivity contribution in [1.82, 2.24) is 4.31 Å². The number of rotatable bonds is 6. The highest BCUT2D eigenvalue weighted by Gasteiger charge is 2.27. The highest BCUT2D eigenvalue weighted by atomic mass is 32.2. The van der Waals surface area contributed by atoms with Crippen molar-refractivity contribution in [1.29, 1.82) is 0 Å². The fourth-order valence-corrected chi connectivity index (χ4v) is 5.59. The lowest BCUT2D eigenvalue weighted by molar-refractivity contribution is 0.457. The molecule has 4 rings (SSSR count). The molecule has 0 fully saturated rings. The van der Waals surface area contributed by atoms with Gasteiger partial charge in [0, 0.05) is 29.8 Å². The summed E-state index contributed by atoms with van der Waals surface area (Å²) in [5.74, 6) is -0.483. The van der Waals surface area contributed by atoms with Crippen LogP contribution in [0.1, 0.15) is 16.4 Å².